The van der Waals surface area contributed by atoms with E-state index in [4.69, 9.17) is 10.5 Å². The fourth-order valence-corrected chi connectivity index (χ4v) is 3.82. The Labute approximate surface area is 130 Å². The van der Waals surface area contributed by atoms with E-state index in [-0.39, 0.29) is 23.7 Å². The molecule has 3 aliphatic rings. The normalized spacial score (nSPS) is 30.1. The first-order valence-corrected chi connectivity index (χ1v) is 7.78. The minimum atomic E-state index is -0.161. The Bertz CT molecular complexity index is 720. The molecule has 2 aliphatic heterocycles. The largest absolute Gasteiger partial charge is 0.461 e. The van der Waals surface area contributed by atoms with E-state index in [2.05, 4.69) is 6.92 Å². The van der Waals surface area contributed by atoms with Gasteiger partial charge in [0.05, 0.1) is 5.92 Å². The second-order valence-corrected chi connectivity index (χ2v) is 6.57. The van der Waals surface area contributed by atoms with Crippen LogP contribution < -0.4 is 10.5 Å². The van der Waals surface area contributed by atoms with E-state index in [1.54, 1.807) is 0 Å². The van der Waals surface area contributed by atoms with E-state index in [0.29, 0.717) is 0 Å². The summed E-state index contributed by atoms with van der Waals surface area (Å²) >= 11 is 0. The Morgan fingerprint density at radius 3 is 2.91 bits per heavy atom. The van der Waals surface area contributed by atoms with Crippen molar-refractivity contribution in [3.05, 3.63) is 52.9 Å². The first kappa shape index (κ1) is 13.4. The van der Waals surface area contributed by atoms with E-state index < -0.39 is 0 Å². The van der Waals surface area contributed by atoms with Crippen LogP contribution in [0.2, 0.25) is 0 Å². The molecule has 2 heterocycles. The lowest BCUT2D eigenvalue weighted by atomic mass is 9.80. The van der Waals surface area contributed by atoms with Gasteiger partial charge in [-0.2, -0.15) is 0 Å². The third-order valence-corrected chi connectivity index (χ3v) is 5.11. The number of nitrogens with zero attached hydrogens (tertiary/aromatic N) is 1. The molecule has 114 valence electrons. The molecule has 1 unspecified atom stereocenters. The van der Waals surface area contributed by atoms with E-state index in [1.807, 2.05) is 42.3 Å². The van der Waals surface area contributed by atoms with Crippen molar-refractivity contribution in [2.75, 3.05) is 13.6 Å². The third kappa shape index (κ3) is 1.79. The number of ether oxygens (including phenoxy) is 1. The lowest BCUT2D eigenvalue weighted by molar-refractivity contribution is -0.127. The van der Waals surface area contributed by atoms with Crippen LogP contribution in [-0.4, -0.2) is 24.4 Å². The Morgan fingerprint density at radius 2 is 2.09 bits per heavy atom. The lowest BCUT2D eigenvalue weighted by Crippen LogP contribution is -2.22. The Balaban J connectivity index is 1.91. The number of carbonyl (C=O) groups excluding carboxylic acids is 1. The van der Waals surface area contributed by atoms with Gasteiger partial charge in [-0.15, -0.1) is 0 Å². The van der Waals surface area contributed by atoms with Crippen LogP contribution in [-0.2, 0) is 4.79 Å². The number of rotatable bonds is 0. The monoisotopic (exact) mass is 296 g/mol. The van der Waals surface area contributed by atoms with Gasteiger partial charge in [-0.3, -0.25) is 4.79 Å². The summed E-state index contributed by atoms with van der Waals surface area (Å²) in [5.74, 6) is 2.20. The molecule has 3 atom stereocenters. The van der Waals surface area contributed by atoms with Crippen molar-refractivity contribution in [3.8, 4) is 5.75 Å². The molecular weight excluding hydrogens is 276 g/mol. The number of amides is 1. The maximum atomic E-state index is 12.7. The molecule has 4 nitrogen and oxygen atoms in total. The molecule has 0 spiro atoms. The van der Waals surface area contributed by atoms with Crippen LogP contribution in [0.3, 0.4) is 0 Å². The second kappa shape index (κ2) is 4.63. The SMILES string of the molecule is CC1CC2=C(C=C1N)[C@H]1CN(C)C(=O)[C@@H]1c1ccccc1O2. The van der Waals surface area contributed by atoms with Crippen molar-refractivity contribution in [3.63, 3.8) is 0 Å². The third-order valence-electron chi connectivity index (χ3n) is 5.11. The summed E-state index contributed by atoms with van der Waals surface area (Å²) < 4.78 is 6.21. The van der Waals surface area contributed by atoms with Crippen LogP contribution in [0, 0.1) is 11.8 Å². The van der Waals surface area contributed by atoms with Gasteiger partial charge in [0.1, 0.15) is 11.5 Å². The summed E-state index contributed by atoms with van der Waals surface area (Å²) in [7, 11) is 1.87. The molecule has 1 amide bonds. The van der Waals surface area contributed by atoms with Crippen LogP contribution in [0.25, 0.3) is 0 Å². The van der Waals surface area contributed by atoms with Crippen LogP contribution >= 0.6 is 0 Å². The topological polar surface area (TPSA) is 55.6 Å². The fraction of sp³-hybridized carbons (Fsp3) is 0.389. The van der Waals surface area contributed by atoms with Gasteiger partial charge in [-0.25, -0.2) is 0 Å². The van der Waals surface area contributed by atoms with Gasteiger partial charge in [-0.05, 0) is 17.7 Å². The fourth-order valence-electron chi connectivity index (χ4n) is 3.82. The maximum absolute atomic E-state index is 12.7. The minimum Gasteiger partial charge on any atom is -0.461 e. The highest BCUT2D eigenvalue weighted by Crippen LogP contribution is 2.48. The van der Waals surface area contributed by atoms with Gasteiger partial charge in [-0.1, -0.05) is 25.1 Å². The summed E-state index contributed by atoms with van der Waals surface area (Å²) in [5, 5.41) is 0. The van der Waals surface area contributed by atoms with Gasteiger partial charge in [0.25, 0.3) is 0 Å². The minimum absolute atomic E-state index is 0.127. The average Bonchev–Trinajstić information content (AvgIpc) is 2.72. The van der Waals surface area contributed by atoms with Crippen LogP contribution in [0.5, 0.6) is 5.75 Å². The number of para-hydroxylation sites is 1. The standard InChI is InChI=1S/C18H20N2O2/c1-10-7-16-12(8-14(10)19)13-9-20(2)18(21)17(13)11-5-3-4-6-15(11)22-16/h3-6,8,10,13,17H,7,9,19H2,1-2H3/t10?,13-,17-/m1/s1. The smallest absolute Gasteiger partial charge is 0.230 e. The predicted octanol–water partition coefficient (Wildman–Crippen LogP) is 2.39. The first-order chi connectivity index (χ1) is 10.6. The van der Waals surface area contributed by atoms with E-state index in [0.717, 1.165) is 41.3 Å². The molecule has 1 aromatic rings. The van der Waals surface area contributed by atoms with Gasteiger partial charge in [0.15, 0.2) is 0 Å². The zero-order valence-corrected chi connectivity index (χ0v) is 12.9. The molecule has 0 bridgehead atoms. The zero-order valence-electron chi connectivity index (χ0n) is 12.9. The molecule has 2 N–H and O–H groups in total. The molecule has 4 heteroatoms. The first-order valence-electron chi connectivity index (χ1n) is 7.78. The number of nitrogens with two attached hydrogens (primary N) is 1. The number of fused-ring (bicyclic) bond motifs is 4. The van der Waals surface area contributed by atoms with Gasteiger partial charge < -0.3 is 15.4 Å². The number of benzene rings is 1. The molecule has 1 aromatic carbocycles. The number of likely N-dealkylation sites (tertiary alicyclic amines) is 1. The van der Waals surface area contributed by atoms with Crippen LogP contribution in [0.15, 0.2) is 47.4 Å². The van der Waals surface area contributed by atoms with Gasteiger partial charge in [0, 0.05) is 43.1 Å². The average molecular weight is 296 g/mol. The number of allylic oxidation sites excluding steroid dienone is 3. The Kier molecular flexibility index (Phi) is 2.83. The van der Waals surface area contributed by atoms with Crippen molar-refractivity contribution < 1.29 is 9.53 Å². The molecule has 4 rings (SSSR count). The molecule has 0 radical (unpaired) electrons. The van der Waals surface area contributed by atoms with Gasteiger partial charge >= 0.3 is 0 Å². The highest BCUT2D eigenvalue weighted by Gasteiger charge is 2.45. The number of hydrogen-bond donors (Lipinski definition) is 1. The maximum Gasteiger partial charge on any atom is 0.230 e. The van der Waals surface area contributed by atoms with Crippen molar-refractivity contribution >= 4 is 5.91 Å². The summed E-state index contributed by atoms with van der Waals surface area (Å²) in [5.41, 5.74) is 9.15. The number of carbonyl (C=O) groups is 1. The molecule has 1 aliphatic carbocycles. The zero-order chi connectivity index (χ0) is 15.4. The Morgan fingerprint density at radius 1 is 1.32 bits per heavy atom. The summed E-state index contributed by atoms with van der Waals surface area (Å²) in [4.78, 5) is 14.5. The second-order valence-electron chi connectivity index (χ2n) is 6.57. The number of hydrogen-bond acceptors (Lipinski definition) is 3. The molecule has 0 saturated carbocycles. The van der Waals surface area contributed by atoms with Gasteiger partial charge in [0.2, 0.25) is 5.91 Å². The Hall–Kier alpha value is -2.23. The molecule has 0 aromatic heterocycles. The highest BCUT2D eigenvalue weighted by molar-refractivity contribution is 5.88. The molecule has 1 saturated heterocycles. The van der Waals surface area contributed by atoms with Crippen molar-refractivity contribution in [1.29, 1.82) is 0 Å². The van der Waals surface area contributed by atoms with E-state index in [9.17, 15) is 4.79 Å². The highest BCUT2D eigenvalue weighted by atomic mass is 16.5. The molecular formula is C18H20N2O2. The molecule has 1 fully saturated rings. The lowest BCUT2D eigenvalue weighted by Gasteiger charge is -2.25. The van der Waals surface area contributed by atoms with Crippen LogP contribution in [0.4, 0.5) is 0 Å². The van der Waals surface area contributed by atoms with E-state index in [1.165, 1.54) is 0 Å². The predicted molar refractivity (Wildman–Crippen MR) is 84.0 cm³/mol. The summed E-state index contributed by atoms with van der Waals surface area (Å²) in [6, 6.07) is 7.90. The quantitative estimate of drug-likeness (QED) is 0.800. The summed E-state index contributed by atoms with van der Waals surface area (Å²) in [6.07, 6.45) is 2.84. The number of likely N-dealkylation sites (N-methyl/N-ethyl adjacent to an activating group) is 1. The van der Waals surface area contributed by atoms with Crippen LogP contribution in [0.1, 0.15) is 24.8 Å². The van der Waals surface area contributed by atoms with Crippen molar-refractivity contribution in [2.24, 2.45) is 17.6 Å². The molecule has 22 heavy (non-hydrogen) atoms. The van der Waals surface area contributed by atoms with E-state index >= 15 is 0 Å². The summed E-state index contributed by atoms with van der Waals surface area (Å²) in [6.45, 7) is 2.83. The van der Waals surface area contributed by atoms with Crippen molar-refractivity contribution in [2.45, 2.75) is 19.3 Å². The van der Waals surface area contributed by atoms with Crippen molar-refractivity contribution in [1.82, 2.24) is 4.90 Å².